The molecule has 3 saturated heterocycles. The van der Waals surface area contributed by atoms with Gasteiger partial charge in [-0.15, -0.1) is 0 Å². The zero-order valence-electron chi connectivity index (χ0n) is 17.2. The molecular weight excluding hydrogens is 364 g/mol. The molecule has 3 aliphatic heterocycles. The van der Waals surface area contributed by atoms with Crippen molar-refractivity contribution >= 4 is 15.8 Å². The Kier molecular flexibility index (Phi) is 6.37. The number of guanidine groups is 1. The fourth-order valence-corrected chi connectivity index (χ4v) is 5.86. The van der Waals surface area contributed by atoms with Gasteiger partial charge in [0.25, 0.3) is 0 Å². The van der Waals surface area contributed by atoms with Crippen molar-refractivity contribution < 1.29 is 13.2 Å². The number of nitrogens with one attached hydrogen (secondary N) is 1. The highest BCUT2D eigenvalue weighted by Crippen LogP contribution is 2.32. The summed E-state index contributed by atoms with van der Waals surface area (Å²) in [5, 5.41) is 3.40. The highest BCUT2D eigenvalue weighted by molar-refractivity contribution is 7.92. The van der Waals surface area contributed by atoms with Gasteiger partial charge in [0.05, 0.1) is 17.0 Å². The first-order valence-electron chi connectivity index (χ1n) is 10.4. The summed E-state index contributed by atoms with van der Waals surface area (Å²) in [6.07, 6.45) is 4.58. The Hall–Kier alpha value is -0.860. The summed E-state index contributed by atoms with van der Waals surface area (Å²) in [4.78, 5) is 9.78. The molecular formula is C19H36N4O3S. The molecule has 3 fully saturated rings. The van der Waals surface area contributed by atoms with Gasteiger partial charge in [0.2, 0.25) is 0 Å². The van der Waals surface area contributed by atoms with Crippen LogP contribution in [0.15, 0.2) is 4.99 Å². The highest BCUT2D eigenvalue weighted by atomic mass is 32.2. The van der Waals surface area contributed by atoms with Crippen LogP contribution in [0.1, 0.15) is 46.5 Å². The Morgan fingerprint density at radius 2 is 1.81 bits per heavy atom. The summed E-state index contributed by atoms with van der Waals surface area (Å²) in [5.74, 6) is 1.04. The molecule has 156 valence electrons. The van der Waals surface area contributed by atoms with Crippen LogP contribution in [0.3, 0.4) is 0 Å². The molecule has 3 aliphatic rings. The van der Waals surface area contributed by atoms with Gasteiger partial charge in [-0.05, 0) is 59.5 Å². The van der Waals surface area contributed by atoms with E-state index in [1.54, 1.807) is 0 Å². The largest absolute Gasteiger partial charge is 0.381 e. The second kappa shape index (κ2) is 8.25. The van der Waals surface area contributed by atoms with Crippen molar-refractivity contribution in [3.8, 4) is 0 Å². The van der Waals surface area contributed by atoms with Crippen LogP contribution in [-0.2, 0) is 14.6 Å². The van der Waals surface area contributed by atoms with E-state index in [4.69, 9.17) is 9.73 Å². The summed E-state index contributed by atoms with van der Waals surface area (Å²) in [6, 6.07) is 0. The molecule has 27 heavy (non-hydrogen) atoms. The molecule has 0 radical (unpaired) electrons. The third-order valence-electron chi connectivity index (χ3n) is 6.40. The van der Waals surface area contributed by atoms with Gasteiger partial charge in [-0.3, -0.25) is 9.89 Å². The lowest BCUT2D eigenvalue weighted by Crippen LogP contribution is -2.58. The van der Waals surface area contributed by atoms with Crippen molar-refractivity contribution in [1.29, 1.82) is 0 Å². The molecule has 0 aromatic carbocycles. The Morgan fingerprint density at radius 3 is 2.41 bits per heavy atom. The third kappa shape index (κ3) is 4.43. The predicted molar refractivity (Wildman–Crippen MR) is 109 cm³/mol. The molecule has 0 aliphatic carbocycles. The molecule has 3 rings (SSSR count). The summed E-state index contributed by atoms with van der Waals surface area (Å²) in [7, 11) is -3.05. The third-order valence-corrected chi connectivity index (χ3v) is 8.93. The molecule has 0 bridgehead atoms. The Labute approximate surface area is 164 Å². The van der Waals surface area contributed by atoms with Gasteiger partial charge in [-0.2, -0.15) is 0 Å². The van der Waals surface area contributed by atoms with E-state index in [0.29, 0.717) is 13.1 Å². The first-order chi connectivity index (χ1) is 12.8. The zero-order valence-corrected chi connectivity index (χ0v) is 18.0. The van der Waals surface area contributed by atoms with Crippen molar-refractivity contribution in [3.05, 3.63) is 0 Å². The van der Waals surface area contributed by atoms with E-state index in [0.717, 1.165) is 58.2 Å². The number of likely N-dealkylation sites (tertiary alicyclic amines) is 1. The van der Waals surface area contributed by atoms with Crippen molar-refractivity contribution in [2.45, 2.75) is 56.7 Å². The Balaban J connectivity index is 1.78. The first kappa shape index (κ1) is 20.9. The first-order valence-corrected chi connectivity index (χ1v) is 12.0. The quantitative estimate of drug-likeness (QED) is 0.563. The van der Waals surface area contributed by atoms with Crippen molar-refractivity contribution in [1.82, 2.24) is 15.1 Å². The topological polar surface area (TPSA) is 74.2 Å². The molecule has 0 aromatic rings. The molecule has 0 aromatic heterocycles. The smallest absolute Gasteiger partial charge is 0.194 e. The van der Waals surface area contributed by atoms with Crippen LogP contribution in [0, 0.1) is 0 Å². The van der Waals surface area contributed by atoms with Crippen LogP contribution in [-0.4, -0.2) is 92.7 Å². The Bertz CT molecular complexity index is 635. The SMILES string of the molecule is CCNC(=NCC1(N2CCCC2)CCOCC1)N1CCS(=O)(=O)C(C)(C)C1. The van der Waals surface area contributed by atoms with Gasteiger partial charge in [0, 0.05) is 38.4 Å². The summed E-state index contributed by atoms with van der Waals surface area (Å²) in [6.45, 7) is 12.1. The van der Waals surface area contributed by atoms with Gasteiger partial charge in [-0.1, -0.05) is 0 Å². The minimum Gasteiger partial charge on any atom is -0.381 e. The van der Waals surface area contributed by atoms with Gasteiger partial charge in [-0.25, -0.2) is 8.42 Å². The monoisotopic (exact) mass is 400 g/mol. The summed E-state index contributed by atoms with van der Waals surface area (Å²) < 4.78 is 29.6. The van der Waals surface area contributed by atoms with Gasteiger partial charge in [0.15, 0.2) is 15.8 Å². The van der Waals surface area contributed by atoms with Crippen LogP contribution < -0.4 is 5.32 Å². The predicted octanol–water partition coefficient (Wildman–Crippen LogP) is 1.11. The normalized spacial score (nSPS) is 28.3. The Morgan fingerprint density at radius 1 is 1.15 bits per heavy atom. The van der Waals surface area contributed by atoms with Crippen LogP contribution in [0.4, 0.5) is 0 Å². The number of aliphatic imine (C=N–C) groups is 1. The fourth-order valence-electron chi connectivity index (χ4n) is 4.49. The van der Waals surface area contributed by atoms with Crippen molar-refractivity contribution in [2.75, 3.05) is 58.2 Å². The highest BCUT2D eigenvalue weighted by Gasteiger charge is 2.42. The molecule has 7 nitrogen and oxygen atoms in total. The van der Waals surface area contributed by atoms with Gasteiger partial charge >= 0.3 is 0 Å². The maximum Gasteiger partial charge on any atom is 0.194 e. The zero-order chi connectivity index (χ0) is 19.5. The molecule has 8 heteroatoms. The molecule has 0 spiro atoms. The molecule has 0 amide bonds. The molecule has 1 N–H and O–H groups in total. The van der Waals surface area contributed by atoms with E-state index in [2.05, 4.69) is 22.0 Å². The molecule has 0 saturated carbocycles. The average Bonchev–Trinajstić information content (AvgIpc) is 3.17. The standard InChI is InChI=1S/C19H36N4O3S/c1-4-20-17(22-11-14-27(24,25)18(2,3)16-22)21-15-19(7-12-26-13-8-19)23-9-5-6-10-23/h4-16H2,1-3H3,(H,20,21). The van der Waals surface area contributed by atoms with Crippen LogP contribution in [0.5, 0.6) is 0 Å². The van der Waals surface area contributed by atoms with Crippen molar-refractivity contribution in [2.24, 2.45) is 4.99 Å². The van der Waals surface area contributed by atoms with E-state index < -0.39 is 14.6 Å². The number of nitrogens with zero attached hydrogens (tertiary/aromatic N) is 3. The molecule has 0 atom stereocenters. The van der Waals surface area contributed by atoms with E-state index in [1.807, 2.05) is 13.8 Å². The van der Waals surface area contributed by atoms with E-state index in [1.165, 1.54) is 12.8 Å². The van der Waals surface area contributed by atoms with E-state index in [9.17, 15) is 8.42 Å². The van der Waals surface area contributed by atoms with Crippen molar-refractivity contribution in [3.63, 3.8) is 0 Å². The van der Waals surface area contributed by atoms with Crippen LogP contribution >= 0.6 is 0 Å². The number of ether oxygens (including phenoxy) is 1. The second-order valence-corrected chi connectivity index (χ2v) is 11.4. The number of rotatable bonds is 4. The second-order valence-electron chi connectivity index (χ2n) is 8.70. The number of hydrogen-bond donors (Lipinski definition) is 1. The lowest BCUT2D eigenvalue weighted by atomic mass is 9.88. The number of hydrogen-bond acceptors (Lipinski definition) is 5. The molecule has 3 heterocycles. The average molecular weight is 401 g/mol. The summed E-state index contributed by atoms with van der Waals surface area (Å²) in [5.41, 5.74) is 0.0901. The maximum atomic E-state index is 12.4. The lowest BCUT2D eigenvalue weighted by Gasteiger charge is -2.44. The molecule has 0 unspecified atom stereocenters. The van der Waals surface area contributed by atoms with Gasteiger partial charge < -0.3 is 15.0 Å². The van der Waals surface area contributed by atoms with Gasteiger partial charge in [0.1, 0.15) is 0 Å². The number of sulfone groups is 1. The lowest BCUT2D eigenvalue weighted by molar-refractivity contribution is -0.0140. The van der Waals surface area contributed by atoms with Crippen LogP contribution in [0.2, 0.25) is 0 Å². The van der Waals surface area contributed by atoms with E-state index in [-0.39, 0.29) is 11.3 Å². The van der Waals surface area contributed by atoms with Crippen LogP contribution in [0.25, 0.3) is 0 Å². The minimum absolute atomic E-state index is 0.0901. The maximum absolute atomic E-state index is 12.4. The van der Waals surface area contributed by atoms with E-state index >= 15 is 0 Å². The minimum atomic E-state index is -3.05. The summed E-state index contributed by atoms with van der Waals surface area (Å²) >= 11 is 0. The fraction of sp³-hybridized carbons (Fsp3) is 0.947.